The van der Waals surface area contributed by atoms with Gasteiger partial charge < -0.3 is 11.1 Å². The Labute approximate surface area is 108 Å². The van der Waals surface area contributed by atoms with Gasteiger partial charge in [-0.2, -0.15) is 13.2 Å². The first-order chi connectivity index (χ1) is 8.86. The van der Waals surface area contributed by atoms with Crippen LogP contribution in [0.5, 0.6) is 0 Å². The molecule has 6 heteroatoms. The molecule has 0 fully saturated rings. The Hall–Kier alpha value is -2.24. The highest BCUT2D eigenvalue weighted by Gasteiger charge is 2.29. The Kier molecular flexibility index (Phi) is 3.33. The summed E-state index contributed by atoms with van der Waals surface area (Å²) in [6.45, 7) is 1.82. The van der Waals surface area contributed by atoms with Crippen LogP contribution in [0.25, 0.3) is 0 Å². The smallest absolute Gasteiger partial charge is 0.398 e. The summed E-state index contributed by atoms with van der Waals surface area (Å²) >= 11 is 0. The molecule has 0 bridgehead atoms. The van der Waals surface area contributed by atoms with Gasteiger partial charge >= 0.3 is 6.18 Å². The minimum atomic E-state index is -4.33. The van der Waals surface area contributed by atoms with Crippen molar-refractivity contribution in [1.82, 2.24) is 4.98 Å². The summed E-state index contributed by atoms with van der Waals surface area (Å²) < 4.78 is 37.2. The second-order valence-electron chi connectivity index (χ2n) is 4.13. The topological polar surface area (TPSA) is 50.9 Å². The fraction of sp³-hybridized carbons (Fsp3) is 0.154. The predicted molar refractivity (Wildman–Crippen MR) is 68.1 cm³/mol. The van der Waals surface area contributed by atoms with Gasteiger partial charge in [0.25, 0.3) is 0 Å². The summed E-state index contributed by atoms with van der Waals surface area (Å²) in [7, 11) is 0. The minimum absolute atomic E-state index is 0.489. The van der Waals surface area contributed by atoms with E-state index in [4.69, 9.17) is 5.73 Å². The van der Waals surface area contributed by atoms with Crippen molar-refractivity contribution < 1.29 is 13.2 Å². The van der Waals surface area contributed by atoms with Crippen molar-refractivity contribution in [3.63, 3.8) is 0 Å². The number of alkyl halides is 3. The number of hydrogen-bond acceptors (Lipinski definition) is 3. The number of aromatic nitrogens is 1. The van der Waals surface area contributed by atoms with Crippen LogP contribution in [0, 0.1) is 6.92 Å². The van der Waals surface area contributed by atoms with Crippen LogP contribution in [-0.4, -0.2) is 4.98 Å². The molecule has 0 unspecified atom stereocenters. The van der Waals surface area contributed by atoms with Gasteiger partial charge in [-0.1, -0.05) is 0 Å². The maximum atomic E-state index is 12.4. The molecule has 0 radical (unpaired) electrons. The van der Waals surface area contributed by atoms with E-state index in [1.165, 1.54) is 12.1 Å². The molecule has 0 spiro atoms. The molecule has 3 N–H and O–H groups in total. The highest BCUT2D eigenvalue weighted by Crippen LogP contribution is 2.30. The Morgan fingerprint density at radius 2 is 1.79 bits per heavy atom. The third-order valence-corrected chi connectivity index (χ3v) is 2.63. The molecule has 1 aromatic carbocycles. The molecule has 19 heavy (non-hydrogen) atoms. The number of aryl methyl sites for hydroxylation is 1. The van der Waals surface area contributed by atoms with Gasteiger partial charge in [-0.25, -0.2) is 4.98 Å². The van der Waals surface area contributed by atoms with Crippen molar-refractivity contribution in [2.45, 2.75) is 13.1 Å². The summed E-state index contributed by atoms with van der Waals surface area (Å²) in [6, 6.07) is 6.36. The third kappa shape index (κ3) is 3.15. The Morgan fingerprint density at radius 1 is 1.16 bits per heavy atom. The van der Waals surface area contributed by atoms with Crippen molar-refractivity contribution in [3.05, 3.63) is 47.7 Å². The molecule has 100 valence electrons. The number of nitrogens with zero attached hydrogens (tertiary/aromatic N) is 1. The second kappa shape index (κ2) is 4.79. The molecule has 1 heterocycles. The SMILES string of the molecule is Cc1cnc(Nc2ccc(C(F)(F)F)cc2)cc1N. The van der Waals surface area contributed by atoms with Crippen LogP contribution in [0.4, 0.5) is 30.4 Å². The molecule has 0 aliphatic carbocycles. The zero-order chi connectivity index (χ0) is 14.0. The second-order valence-corrected chi connectivity index (χ2v) is 4.13. The number of nitrogen functional groups attached to an aromatic ring is 1. The van der Waals surface area contributed by atoms with Crippen LogP contribution in [0.15, 0.2) is 36.5 Å². The molecule has 3 nitrogen and oxygen atoms in total. The molecule has 0 atom stereocenters. The summed E-state index contributed by atoms with van der Waals surface area (Å²) in [5.74, 6) is 0.489. The van der Waals surface area contributed by atoms with E-state index < -0.39 is 11.7 Å². The lowest BCUT2D eigenvalue weighted by Crippen LogP contribution is -2.04. The number of hydrogen-bond donors (Lipinski definition) is 2. The van der Waals surface area contributed by atoms with E-state index in [-0.39, 0.29) is 0 Å². The monoisotopic (exact) mass is 267 g/mol. The third-order valence-electron chi connectivity index (χ3n) is 2.63. The average Bonchev–Trinajstić information content (AvgIpc) is 2.33. The highest BCUT2D eigenvalue weighted by atomic mass is 19.4. The highest BCUT2D eigenvalue weighted by molar-refractivity contribution is 5.61. The Bertz CT molecular complexity index is 577. The first-order valence-corrected chi connectivity index (χ1v) is 5.52. The van der Waals surface area contributed by atoms with Gasteiger partial charge in [-0.05, 0) is 36.8 Å². The molecule has 0 amide bonds. The van der Waals surface area contributed by atoms with Crippen molar-refractivity contribution >= 4 is 17.2 Å². The molecule has 0 aliphatic rings. The van der Waals surface area contributed by atoms with Gasteiger partial charge in [0.15, 0.2) is 0 Å². The number of nitrogens with one attached hydrogen (secondary N) is 1. The molecule has 0 saturated heterocycles. The van der Waals surface area contributed by atoms with Gasteiger partial charge in [0.2, 0.25) is 0 Å². The van der Waals surface area contributed by atoms with Gasteiger partial charge in [-0.15, -0.1) is 0 Å². The number of pyridine rings is 1. The molecule has 2 aromatic rings. The van der Waals surface area contributed by atoms with Gasteiger partial charge in [0.1, 0.15) is 5.82 Å². The van der Waals surface area contributed by atoms with Gasteiger partial charge in [0.05, 0.1) is 5.56 Å². The normalized spacial score (nSPS) is 11.4. The number of anilines is 3. The summed E-state index contributed by atoms with van der Waals surface area (Å²) in [5.41, 5.74) is 6.98. The van der Waals surface area contributed by atoms with E-state index >= 15 is 0 Å². The lowest BCUT2D eigenvalue weighted by Gasteiger charge is -2.10. The van der Waals surface area contributed by atoms with Crippen LogP contribution in [0.3, 0.4) is 0 Å². The van der Waals surface area contributed by atoms with Crippen LogP contribution in [0.1, 0.15) is 11.1 Å². The maximum Gasteiger partial charge on any atom is 0.416 e. The summed E-state index contributed by atoms with van der Waals surface area (Å²) in [5, 5.41) is 2.89. The van der Waals surface area contributed by atoms with Crippen molar-refractivity contribution in [3.8, 4) is 0 Å². The molecular weight excluding hydrogens is 255 g/mol. The summed E-state index contributed by atoms with van der Waals surface area (Å²) in [4.78, 5) is 4.09. The number of benzene rings is 1. The lowest BCUT2D eigenvalue weighted by atomic mass is 10.2. The van der Waals surface area contributed by atoms with E-state index in [2.05, 4.69) is 10.3 Å². The minimum Gasteiger partial charge on any atom is -0.398 e. The fourth-order valence-electron chi connectivity index (χ4n) is 1.50. The molecule has 2 rings (SSSR count). The van der Waals surface area contributed by atoms with Crippen LogP contribution < -0.4 is 11.1 Å². The quantitative estimate of drug-likeness (QED) is 0.871. The van der Waals surface area contributed by atoms with E-state index in [1.807, 2.05) is 6.92 Å². The number of halogens is 3. The maximum absolute atomic E-state index is 12.4. The first kappa shape index (κ1) is 13.2. The van der Waals surface area contributed by atoms with E-state index in [0.29, 0.717) is 17.2 Å². The molecule has 0 aliphatic heterocycles. The Morgan fingerprint density at radius 3 is 2.32 bits per heavy atom. The zero-order valence-corrected chi connectivity index (χ0v) is 10.1. The largest absolute Gasteiger partial charge is 0.416 e. The summed E-state index contributed by atoms with van der Waals surface area (Å²) in [6.07, 6.45) is -2.73. The predicted octanol–water partition coefficient (Wildman–Crippen LogP) is 3.73. The molecular formula is C13H12F3N3. The van der Waals surface area contributed by atoms with Crippen LogP contribution in [-0.2, 0) is 6.18 Å². The standard InChI is InChI=1S/C13H12F3N3/c1-8-7-18-12(6-11(8)17)19-10-4-2-9(3-5-10)13(14,15)16/h2-7H,1H3,(H3,17,18,19). The van der Waals surface area contributed by atoms with E-state index in [0.717, 1.165) is 17.7 Å². The van der Waals surface area contributed by atoms with Crippen LogP contribution >= 0.6 is 0 Å². The molecule has 1 aromatic heterocycles. The average molecular weight is 267 g/mol. The zero-order valence-electron chi connectivity index (χ0n) is 10.1. The number of nitrogens with two attached hydrogens (primary N) is 1. The van der Waals surface area contributed by atoms with Crippen molar-refractivity contribution in [2.75, 3.05) is 11.1 Å². The van der Waals surface area contributed by atoms with E-state index in [1.54, 1.807) is 12.3 Å². The Balaban J connectivity index is 2.17. The fourth-order valence-corrected chi connectivity index (χ4v) is 1.50. The van der Waals surface area contributed by atoms with Gasteiger partial charge in [-0.3, -0.25) is 0 Å². The molecule has 0 saturated carbocycles. The van der Waals surface area contributed by atoms with Crippen LogP contribution in [0.2, 0.25) is 0 Å². The first-order valence-electron chi connectivity index (χ1n) is 5.52. The van der Waals surface area contributed by atoms with E-state index in [9.17, 15) is 13.2 Å². The lowest BCUT2D eigenvalue weighted by molar-refractivity contribution is -0.137. The number of rotatable bonds is 2. The van der Waals surface area contributed by atoms with Crippen molar-refractivity contribution in [2.24, 2.45) is 0 Å². The van der Waals surface area contributed by atoms with Gasteiger partial charge in [0, 0.05) is 23.6 Å². The van der Waals surface area contributed by atoms with Crippen molar-refractivity contribution in [1.29, 1.82) is 0 Å².